The molecule has 2 heterocycles. The Kier molecular flexibility index (Phi) is 6.19. The molecule has 0 spiro atoms. The average Bonchev–Trinajstić information content (AvgIpc) is 3.09. The molecule has 2 saturated heterocycles. The number of hydrogen-bond donors (Lipinski definition) is 1. The van der Waals surface area contributed by atoms with Crippen LogP contribution in [0.2, 0.25) is 0 Å². The van der Waals surface area contributed by atoms with Gasteiger partial charge in [0.1, 0.15) is 0 Å². The quantitative estimate of drug-likeness (QED) is 0.867. The van der Waals surface area contributed by atoms with Crippen LogP contribution in [0.4, 0.5) is 13.2 Å². The van der Waals surface area contributed by atoms with Gasteiger partial charge >= 0.3 is 6.18 Å². The molecule has 1 amide bonds. The lowest BCUT2D eigenvalue weighted by Crippen LogP contribution is -2.46. The maximum atomic E-state index is 12.7. The van der Waals surface area contributed by atoms with E-state index >= 15 is 0 Å². The fraction of sp³-hybridized carbons (Fsp3) is 0.632. The summed E-state index contributed by atoms with van der Waals surface area (Å²) in [5.41, 5.74) is -0.331. The predicted octanol–water partition coefficient (Wildman–Crippen LogP) is 2.87. The summed E-state index contributed by atoms with van der Waals surface area (Å²) < 4.78 is 43.6. The van der Waals surface area contributed by atoms with Crippen LogP contribution in [0, 0.1) is 5.92 Å². The SMILES string of the molecule is O=C(Cc1cccc(C(F)(F)F)c1)NC1CCN(CC2CCOC2)CC1. The molecule has 2 fully saturated rings. The molecule has 2 aliphatic heterocycles. The van der Waals surface area contributed by atoms with Crippen LogP contribution in [0.3, 0.4) is 0 Å². The number of nitrogens with zero attached hydrogens (tertiary/aromatic N) is 1. The van der Waals surface area contributed by atoms with Crippen molar-refractivity contribution in [3.8, 4) is 0 Å². The molecule has 1 atom stereocenters. The number of halogens is 3. The molecule has 0 saturated carbocycles. The Hall–Kier alpha value is -1.60. The summed E-state index contributed by atoms with van der Waals surface area (Å²) in [7, 11) is 0. The Labute approximate surface area is 151 Å². The van der Waals surface area contributed by atoms with Gasteiger partial charge in [0.05, 0.1) is 18.6 Å². The monoisotopic (exact) mass is 370 g/mol. The molecule has 2 aliphatic rings. The summed E-state index contributed by atoms with van der Waals surface area (Å²) >= 11 is 0. The Morgan fingerprint density at radius 1 is 1.23 bits per heavy atom. The summed E-state index contributed by atoms with van der Waals surface area (Å²) in [5, 5.41) is 2.97. The highest BCUT2D eigenvalue weighted by molar-refractivity contribution is 5.78. The molecule has 1 unspecified atom stereocenters. The molecule has 26 heavy (non-hydrogen) atoms. The van der Waals surface area contributed by atoms with Crippen LogP contribution in [-0.2, 0) is 22.1 Å². The van der Waals surface area contributed by atoms with Gasteiger partial charge in [-0.1, -0.05) is 18.2 Å². The van der Waals surface area contributed by atoms with Crippen LogP contribution in [-0.4, -0.2) is 49.7 Å². The third-order valence-corrected chi connectivity index (χ3v) is 5.11. The van der Waals surface area contributed by atoms with E-state index in [-0.39, 0.29) is 18.4 Å². The van der Waals surface area contributed by atoms with Gasteiger partial charge in [-0.25, -0.2) is 0 Å². The number of rotatable bonds is 5. The van der Waals surface area contributed by atoms with Crippen LogP contribution < -0.4 is 5.32 Å². The minimum atomic E-state index is -4.39. The molecule has 0 radical (unpaired) electrons. The molecule has 3 rings (SSSR count). The number of nitrogens with one attached hydrogen (secondary N) is 1. The molecule has 144 valence electrons. The highest BCUT2D eigenvalue weighted by Crippen LogP contribution is 2.29. The molecule has 1 aromatic carbocycles. The Morgan fingerprint density at radius 2 is 2.00 bits per heavy atom. The lowest BCUT2D eigenvalue weighted by molar-refractivity contribution is -0.137. The number of alkyl halides is 3. The predicted molar refractivity (Wildman–Crippen MR) is 91.7 cm³/mol. The summed E-state index contributed by atoms with van der Waals surface area (Å²) in [6.07, 6.45) is -1.54. The maximum Gasteiger partial charge on any atom is 0.416 e. The minimum Gasteiger partial charge on any atom is -0.381 e. The van der Waals surface area contributed by atoms with Crippen molar-refractivity contribution in [1.29, 1.82) is 0 Å². The third kappa shape index (κ3) is 5.45. The van der Waals surface area contributed by atoms with Gasteiger partial charge in [0.25, 0.3) is 0 Å². The Bertz CT molecular complexity index is 607. The first kappa shape index (κ1) is 19.2. The standard InChI is InChI=1S/C19H25F3N2O2/c20-19(21,22)16-3-1-2-14(10-16)11-18(25)23-17-4-7-24(8-5-17)12-15-6-9-26-13-15/h1-3,10,15,17H,4-9,11-13H2,(H,23,25). The lowest BCUT2D eigenvalue weighted by atomic mass is 10.0. The molecule has 7 heteroatoms. The average molecular weight is 370 g/mol. The van der Waals surface area contributed by atoms with Crippen LogP contribution >= 0.6 is 0 Å². The van der Waals surface area contributed by atoms with Crippen molar-refractivity contribution >= 4 is 5.91 Å². The number of carbonyl (C=O) groups excluding carboxylic acids is 1. The van der Waals surface area contributed by atoms with Crippen molar-refractivity contribution in [1.82, 2.24) is 10.2 Å². The normalized spacial score (nSPS) is 22.5. The van der Waals surface area contributed by atoms with E-state index in [1.54, 1.807) is 6.07 Å². The highest BCUT2D eigenvalue weighted by atomic mass is 19.4. The van der Waals surface area contributed by atoms with E-state index in [9.17, 15) is 18.0 Å². The Morgan fingerprint density at radius 3 is 2.65 bits per heavy atom. The van der Waals surface area contributed by atoms with E-state index in [1.807, 2.05) is 0 Å². The molecule has 0 bridgehead atoms. The fourth-order valence-corrected chi connectivity index (χ4v) is 3.67. The third-order valence-electron chi connectivity index (χ3n) is 5.11. The van der Waals surface area contributed by atoms with Gasteiger partial charge < -0.3 is 15.0 Å². The van der Waals surface area contributed by atoms with Crippen LogP contribution in [0.25, 0.3) is 0 Å². The number of likely N-dealkylation sites (tertiary alicyclic amines) is 1. The zero-order chi connectivity index (χ0) is 18.6. The van der Waals surface area contributed by atoms with Crippen LogP contribution in [0.15, 0.2) is 24.3 Å². The number of piperidine rings is 1. The van der Waals surface area contributed by atoms with Gasteiger partial charge in [-0.15, -0.1) is 0 Å². The van der Waals surface area contributed by atoms with E-state index in [0.29, 0.717) is 11.5 Å². The Balaban J connectivity index is 1.43. The second kappa shape index (κ2) is 8.39. The van der Waals surface area contributed by atoms with Gasteiger partial charge in [-0.2, -0.15) is 13.2 Å². The van der Waals surface area contributed by atoms with E-state index in [1.165, 1.54) is 6.07 Å². The van der Waals surface area contributed by atoms with Crippen molar-refractivity contribution in [3.05, 3.63) is 35.4 Å². The topological polar surface area (TPSA) is 41.6 Å². The zero-order valence-electron chi connectivity index (χ0n) is 14.7. The second-order valence-corrected chi connectivity index (χ2v) is 7.25. The lowest BCUT2D eigenvalue weighted by Gasteiger charge is -2.33. The fourth-order valence-electron chi connectivity index (χ4n) is 3.67. The van der Waals surface area contributed by atoms with Gasteiger partial charge in [0, 0.05) is 32.3 Å². The van der Waals surface area contributed by atoms with Gasteiger partial charge in [0.15, 0.2) is 0 Å². The molecule has 1 N–H and O–H groups in total. The van der Waals surface area contributed by atoms with E-state index in [2.05, 4.69) is 10.2 Å². The first-order valence-electron chi connectivity index (χ1n) is 9.16. The van der Waals surface area contributed by atoms with Gasteiger partial charge in [-0.3, -0.25) is 4.79 Å². The number of carbonyl (C=O) groups is 1. The first-order chi connectivity index (χ1) is 12.4. The minimum absolute atomic E-state index is 0.0243. The van der Waals surface area contributed by atoms with Crippen molar-refractivity contribution < 1.29 is 22.7 Å². The summed E-state index contributed by atoms with van der Waals surface area (Å²) in [5.74, 6) is 0.397. The number of amides is 1. The molecule has 1 aromatic rings. The second-order valence-electron chi connectivity index (χ2n) is 7.25. The molecule has 0 aromatic heterocycles. The van der Waals surface area contributed by atoms with E-state index in [4.69, 9.17) is 4.74 Å². The van der Waals surface area contributed by atoms with Crippen molar-refractivity contribution in [2.45, 2.75) is 37.9 Å². The zero-order valence-corrected chi connectivity index (χ0v) is 14.7. The molecular formula is C19H25F3N2O2. The van der Waals surface area contributed by atoms with Crippen molar-refractivity contribution in [3.63, 3.8) is 0 Å². The summed E-state index contributed by atoms with van der Waals surface area (Å²) in [6, 6.07) is 5.07. The van der Waals surface area contributed by atoms with E-state index < -0.39 is 11.7 Å². The highest BCUT2D eigenvalue weighted by Gasteiger charge is 2.30. The largest absolute Gasteiger partial charge is 0.416 e. The summed E-state index contributed by atoms with van der Waals surface area (Å²) in [4.78, 5) is 14.6. The smallest absolute Gasteiger partial charge is 0.381 e. The molecule has 4 nitrogen and oxygen atoms in total. The molecular weight excluding hydrogens is 345 g/mol. The number of ether oxygens (including phenoxy) is 1. The number of hydrogen-bond acceptors (Lipinski definition) is 3. The maximum absolute atomic E-state index is 12.7. The van der Waals surface area contributed by atoms with Crippen molar-refractivity contribution in [2.75, 3.05) is 32.8 Å². The summed E-state index contributed by atoms with van der Waals surface area (Å²) in [6.45, 7) is 4.61. The van der Waals surface area contributed by atoms with Crippen LogP contribution in [0.1, 0.15) is 30.4 Å². The van der Waals surface area contributed by atoms with E-state index in [0.717, 1.165) is 64.2 Å². The van der Waals surface area contributed by atoms with Gasteiger partial charge in [-0.05, 0) is 36.8 Å². The first-order valence-corrected chi connectivity index (χ1v) is 9.16. The molecule has 0 aliphatic carbocycles. The van der Waals surface area contributed by atoms with Crippen molar-refractivity contribution in [2.24, 2.45) is 5.92 Å². The number of benzene rings is 1. The van der Waals surface area contributed by atoms with Gasteiger partial charge in [0.2, 0.25) is 5.91 Å². The van der Waals surface area contributed by atoms with Crippen LogP contribution in [0.5, 0.6) is 0 Å².